The van der Waals surface area contributed by atoms with Crippen LogP contribution in [-0.2, 0) is 0 Å². The van der Waals surface area contributed by atoms with Gasteiger partial charge >= 0.3 is 5.69 Å². The molecule has 0 spiro atoms. The molecular formula is C4H6FN3O. The summed E-state index contributed by atoms with van der Waals surface area (Å²) < 4.78 is 12.1. The molecular weight excluding hydrogens is 125 g/mol. The number of halogens is 1. The predicted octanol–water partition coefficient (Wildman–Crippen LogP) is -0.263. The Morgan fingerprint density at radius 3 is 3.00 bits per heavy atom. The van der Waals surface area contributed by atoms with Crippen molar-refractivity contribution in [3.8, 4) is 0 Å². The number of hydrogen-bond acceptors (Lipinski definition) is 3. The summed E-state index contributed by atoms with van der Waals surface area (Å²) in [6.07, 6.45) is 0.772. The van der Waals surface area contributed by atoms with Crippen LogP contribution in [-0.4, -0.2) is 9.97 Å². The quantitative estimate of drug-likeness (QED) is 0.509. The van der Waals surface area contributed by atoms with Crippen LogP contribution in [0.5, 0.6) is 0 Å². The molecule has 0 unspecified atom stereocenters. The van der Waals surface area contributed by atoms with E-state index in [0.717, 1.165) is 6.20 Å². The molecule has 0 bridgehead atoms. The van der Waals surface area contributed by atoms with Crippen molar-refractivity contribution >= 4 is 5.82 Å². The number of rotatable bonds is 0. The first-order chi connectivity index (χ1) is 4.20. The molecule has 0 atom stereocenters. The van der Waals surface area contributed by atoms with Crippen LogP contribution in [0.25, 0.3) is 0 Å². The number of aromatic amines is 1. The van der Waals surface area contributed by atoms with Crippen LogP contribution in [0.3, 0.4) is 0 Å². The zero-order valence-electron chi connectivity index (χ0n) is 4.39. The van der Waals surface area contributed by atoms with E-state index in [1.165, 1.54) is 0 Å². The molecule has 1 aromatic heterocycles. The summed E-state index contributed by atoms with van der Waals surface area (Å²) >= 11 is 0. The van der Waals surface area contributed by atoms with Gasteiger partial charge in [-0.15, -0.1) is 0 Å². The van der Waals surface area contributed by atoms with E-state index in [1.807, 2.05) is 4.98 Å². The molecule has 1 aromatic rings. The lowest BCUT2D eigenvalue weighted by Gasteiger charge is -1.89. The normalized spacial score (nSPS) is 9.44. The Balaban J connectivity index is 0.000000810. The first kappa shape index (κ1) is 5.74. The van der Waals surface area contributed by atoms with E-state index in [1.54, 1.807) is 0 Å². The minimum absolute atomic E-state index is 0. The van der Waals surface area contributed by atoms with Crippen molar-refractivity contribution in [1.82, 2.24) is 9.97 Å². The van der Waals surface area contributed by atoms with Gasteiger partial charge in [-0.25, -0.2) is 9.18 Å². The summed E-state index contributed by atoms with van der Waals surface area (Å²) in [5.74, 6) is -0.996. The Kier molecular flexibility index (Phi) is 1.18. The Morgan fingerprint density at radius 1 is 1.89 bits per heavy atom. The number of nitrogens with zero attached hydrogens (tertiary/aromatic N) is 1. The highest BCUT2D eigenvalue weighted by atomic mass is 19.1. The van der Waals surface area contributed by atoms with Crippen LogP contribution >= 0.6 is 0 Å². The molecule has 0 aliphatic rings. The van der Waals surface area contributed by atoms with Gasteiger partial charge < -0.3 is 5.73 Å². The molecule has 4 nitrogen and oxygen atoms in total. The predicted molar refractivity (Wildman–Crippen MR) is 31.3 cm³/mol. The summed E-state index contributed by atoms with van der Waals surface area (Å²) in [4.78, 5) is 15.3. The minimum Gasteiger partial charge on any atom is -0.383 e. The van der Waals surface area contributed by atoms with Crippen molar-refractivity contribution in [2.45, 2.75) is 0 Å². The Morgan fingerprint density at radius 2 is 2.56 bits per heavy atom. The van der Waals surface area contributed by atoms with Gasteiger partial charge in [0.25, 0.3) is 0 Å². The molecule has 1 rings (SSSR count). The highest BCUT2D eigenvalue weighted by Gasteiger charge is 1.95. The second-order valence-electron chi connectivity index (χ2n) is 1.45. The van der Waals surface area contributed by atoms with Gasteiger partial charge in [-0.3, -0.25) is 4.98 Å². The number of nitrogens with two attached hydrogens (primary N) is 1. The summed E-state index contributed by atoms with van der Waals surface area (Å²) in [6, 6.07) is 0. The maximum Gasteiger partial charge on any atom is 0.346 e. The summed E-state index contributed by atoms with van der Waals surface area (Å²) in [5.41, 5.74) is 4.31. The molecule has 0 amide bonds. The molecule has 0 radical (unpaired) electrons. The topological polar surface area (TPSA) is 71.8 Å². The fraction of sp³-hybridized carbons (Fsp3) is 0. The van der Waals surface area contributed by atoms with Gasteiger partial charge in [0.05, 0.1) is 6.20 Å². The molecule has 0 aliphatic carbocycles. The van der Waals surface area contributed by atoms with Crippen molar-refractivity contribution in [3.63, 3.8) is 0 Å². The van der Waals surface area contributed by atoms with Crippen molar-refractivity contribution in [2.75, 3.05) is 5.73 Å². The molecule has 0 aliphatic heterocycles. The monoisotopic (exact) mass is 131 g/mol. The van der Waals surface area contributed by atoms with E-state index in [-0.39, 0.29) is 7.24 Å². The van der Waals surface area contributed by atoms with Crippen LogP contribution in [0.1, 0.15) is 1.43 Å². The van der Waals surface area contributed by atoms with Crippen molar-refractivity contribution in [3.05, 3.63) is 22.5 Å². The molecule has 3 N–H and O–H groups in total. The number of hydrogen-bond donors (Lipinski definition) is 2. The standard InChI is InChI=1S/C4H4FN3O.H2/c5-2-1-7-4(9)8-3(2)6;/h1H,(H3,6,7,8,9);1H. The zero-order chi connectivity index (χ0) is 6.85. The van der Waals surface area contributed by atoms with Crippen molar-refractivity contribution in [1.29, 1.82) is 0 Å². The van der Waals surface area contributed by atoms with E-state index in [4.69, 9.17) is 5.73 Å². The third-order valence-corrected chi connectivity index (χ3v) is 0.794. The van der Waals surface area contributed by atoms with Gasteiger partial charge in [0, 0.05) is 1.43 Å². The summed E-state index contributed by atoms with van der Waals surface area (Å²) in [6.45, 7) is 0. The summed E-state index contributed by atoms with van der Waals surface area (Å²) in [7, 11) is 0. The van der Waals surface area contributed by atoms with E-state index in [0.29, 0.717) is 0 Å². The minimum atomic E-state index is -0.713. The Hall–Kier alpha value is -1.39. The van der Waals surface area contributed by atoms with E-state index in [2.05, 4.69) is 4.98 Å². The van der Waals surface area contributed by atoms with Gasteiger partial charge in [-0.2, -0.15) is 4.98 Å². The summed E-state index contributed by atoms with van der Waals surface area (Å²) in [5, 5.41) is 0. The second kappa shape index (κ2) is 1.85. The fourth-order valence-corrected chi connectivity index (χ4v) is 0.392. The number of H-pyrrole nitrogens is 1. The van der Waals surface area contributed by atoms with Crippen LogP contribution in [0.4, 0.5) is 10.2 Å². The van der Waals surface area contributed by atoms with Crippen LogP contribution in [0.2, 0.25) is 0 Å². The molecule has 0 saturated heterocycles. The molecule has 50 valence electrons. The van der Waals surface area contributed by atoms with Gasteiger partial charge in [-0.1, -0.05) is 0 Å². The molecule has 0 fully saturated rings. The van der Waals surface area contributed by atoms with Crippen LogP contribution < -0.4 is 11.4 Å². The number of aromatic nitrogens is 2. The van der Waals surface area contributed by atoms with Crippen molar-refractivity contribution in [2.24, 2.45) is 0 Å². The smallest absolute Gasteiger partial charge is 0.346 e. The second-order valence-corrected chi connectivity index (χ2v) is 1.45. The first-order valence-corrected chi connectivity index (χ1v) is 2.20. The average molecular weight is 131 g/mol. The number of anilines is 1. The Labute approximate surface area is 51.0 Å². The maximum absolute atomic E-state index is 12.1. The number of nitrogens with one attached hydrogen (secondary N) is 1. The lowest BCUT2D eigenvalue weighted by molar-refractivity contribution is 0.617. The highest BCUT2D eigenvalue weighted by molar-refractivity contribution is 5.25. The molecule has 0 aromatic carbocycles. The molecule has 1 heterocycles. The lowest BCUT2D eigenvalue weighted by Crippen LogP contribution is -2.12. The van der Waals surface area contributed by atoms with E-state index in [9.17, 15) is 9.18 Å². The fourth-order valence-electron chi connectivity index (χ4n) is 0.392. The van der Waals surface area contributed by atoms with Gasteiger partial charge in [0.1, 0.15) is 5.82 Å². The third-order valence-electron chi connectivity index (χ3n) is 0.794. The third kappa shape index (κ3) is 1.04. The largest absolute Gasteiger partial charge is 0.383 e. The molecule has 9 heavy (non-hydrogen) atoms. The molecule has 0 saturated carbocycles. The first-order valence-electron chi connectivity index (χ1n) is 2.20. The number of nitrogen functional groups attached to an aromatic ring is 1. The highest BCUT2D eigenvalue weighted by Crippen LogP contribution is 1.96. The lowest BCUT2D eigenvalue weighted by atomic mass is 10.6. The maximum atomic E-state index is 12.1. The Bertz CT molecular complexity index is 273. The van der Waals surface area contributed by atoms with Crippen LogP contribution in [0, 0.1) is 5.82 Å². The van der Waals surface area contributed by atoms with E-state index < -0.39 is 11.5 Å². The SMILES string of the molecule is Nc1[nH]c(=O)ncc1F.[HH]. The molecule has 5 heteroatoms. The van der Waals surface area contributed by atoms with Gasteiger partial charge in [0.15, 0.2) is 5.82 Å². The van der Waals surface area contributed by atoms with Crippen LogP contribution in [0.15, 0.2) is 11.0 Å². The van der Waals surface area contributed by atoms with Crippen molar-refractivity contribution < 1.29 is 5.82 Å². The van der Waals surface area contributed by atoms with E-state index >= 15 is 0 Å². The average Bonchev–Trinajstić information content (AvgIpc) is 1.80. The zero-order valence-corrected chi connectivity index (χ0v) is 4.39. The van der Waals surface area contributed by atoms with Gasteiger partial charge in [-0.05, 0) is 0 Å². The van der Waals surface area contributed by atoms with Gasteiger partial charge in [0.2, 0.25) is 0 Å².